The number of aldehydes is 1. The normalized spacial score (nSPS) is 20.4. The summed E-state index contributed by atoms with van der Waals surface area (Å²) >= 11 is 0. The van der Waals surface area contributed by atoms with Gasteiger partial charge in [0.25, 0.3) is 0 Å². The number of carboxylic acid groups (broad SMARTS) is 1. The molecule has 0 spiro atoms. The molecule has 2 N–H and O–H groups in total. The smallest absolute Gasteiger partial charge is 0.331 e. The number of hydrogen-bond acceptors (Lipinski definition) is 3. The van der Waals surface area contributed by atoms with E-state index in [9.17, 15) is 23.5 Å². The molecule has 6 heteroatoms. The lowest BCUT2D eigenvalue weighted by atomic mass is 9.73. The van der Waals surface area contributed by atoms with Crippen LogP contribution in [-0.2, 0) is 22.4 Å². The van der Waals surface area contributed by atoms with Crippen molar-refractivity contribution in [1.29, 1.82) is 0 Å². The third-order valence-electron chi connectivity index (χ3n) is 4.11. The molecule has 1 aromatic rings. The first-order valence-electron chi connectivity index (χ1n) is 6.86. The van der Waals surface area contributed by atoms with Crippen molar-refractivity contribution in [1.82, 2.24) is 5.32 Å². The minimum absolute atomic E-state index is 0.155. The Bertz CT molecular complexity index is 576. The van der Waals surface area contributed by atoms with Gasteiger partial charge in [-0.05, 0) is 48.9 Å². The van der Waals surface area contributed by atoms with E-state index in [1.165, 1.54) is 6.07 Å². The van der Waals surface area contributed by atoms with Gasteiger partial charge in [-0.15, -0.1) is 0 Å². The molecule has 0 radical (unpaired) electrons. The molecule has 0 bridgehead atoms. The Morgan fingerprint density at radius 3 is 2.81 bits per heavy atom. The second-order valence-electron chi connectivity index (χ2n) is 5.29. The molecule has 0 heterocycles. The average molecular weight is 297 g/mol. The molecule has 1 aromatic carbocycles. The number of aliphatic carboxylic acids is 1. The van der Waals surface area contributed by atoms with E-state index >= 15 is 0 Å². The third kappa shape index (κ3) is 2.68. The summed E-state index contributed by atoms with van der Waals surface area (Å²) in [6.07, 6.45) is 1.19. The van der Waals surface area contributed by atoms with Crippen molar-refractivity contribution in [3.8, 4) is 0 Å². The number of carbonyl (C=O) groups is 2. The zero-order valence-corrected chi connectivity index (χ0v) is 11.7. The van der Waals surface area contributed by atoms with Gasteiger partial charge in [-0.25, -0.2) is 13.6 Å². The summed E-state index contributed by atoms with van der Waals surface area (Å²) in [6.45, 7) is 2.02. The van der Waals surface area contributed by atoms with Crippen LogP contribution in [0.1, 0.15) is 24.5 Å². The summed E-state index contributed by atoms with van der Waals surface area (Å²) in [5.74, 6) is -3.10. The van der Waals surface area contributed by atoms with Crippen LogP contribution >= 0.6 is 0 Å². The Morgan fingerprint density at radius 1 is 1.52 bits per heavy atom. The van der Waals surface area contributed by atoms with Gasteiger partial charge in [0.2, 0.25) is 0 Å². The van der Waals surface area contributed by atoms with Crippen LogP contribution in [0.4, 0.5) is 8.78 Å². The number of nitrogens with one attached hydrogen (secondary N) is 1. The van der Waals surface area contributed by atoms with Crippen LogP contribution in [-0.4, -0.2) is 29.4 Å². The molecule has 0 aromatic heterocycles. The van der Waals surface area contributed by atoms with Crippen molar-refractivity contribution in [3.05, 3.63) is 34.9 Å². The standard InChI is InChI=1S/C15H17F2NO3/c1-2-18-15(8-19,14(20)21)10-3-4-12-9(5-10)6-11(16)7-13(12)17/h6-8,10,18H,2-5H2,1H3,(H,20,21). The lowest BCUT2D eigenvalue weighted by Gasteiger charge is -2.36. The van der Waals surface area contributed by atoms with Crippen LogP contribution in [0.3, 0.4) is 0 Å². The molecule has 1 aliphatic rings. The maximum atomic E-state index is 13.7. The van der Waals surface area contributed by atoms with E-state index in [0.29, 0.717) is 36.8 Å². The van der Waals surface area contributed by atoms with Crippen molar-refractivity contribution in [2.24, 2.45) is 5.92 Å². The number of benzene rings is 1. The van der Waals surface area contributed by atoms with Crippen LogP contribution < -0.4 is 5.32 Å². The minimum Gasteiger partial charge on any atom is -0.480 e. The summed E-state index contributed by atoms with van der Waals surface area (Å²) in [4.78, 5) is 23.0. The van der Waals surface area contributed by atoms with Crippen LogP contribution in [0.25, 0.3) is 0 Å². The van der Waals surface area contributed by atoms with Crippen LogP contribution in [0.15, 0.2) is 12.1 Å². The van der Waals surface area contributed by atoms with E-state index in [2.05, 4.69) is 5.32 Å². The lowest BCUT2D eigenvalue weighted by Crippen LogP contribution is -2.60. The monoisotopic (exact) mass is 297 g/mol. The second kappa shape index (κ2) is 5.89. The highest BCUT2D eigenvalue weighted by atomic mass is 19.1. The van der Waals surface area contributed by atoms with E-state index in [0.717, 1.165) is 6.07 Å². The first-order valence-corrected chi connectivity index (χ1v) is 6.86. The molecule has 0 aliphatic heterocycles. The maximum Gasteiger partial charge on any atom is 0.331 e. The molecule has 21 heavy (non-hydrogen) atoms. The van der Waals surface area contributed by atoms with Gasteiger partial charge in [0, 0.05) is 6.07 Å². The number of hydrogen-bond donors (Lipinski definition) is 2. The van der Waals surface area contributed by atoms with Gasteiger partial charge in [0.15, 0.2) is 11.8 Å². The Hall–Kier alpha value is -1.82. The summed E-state index contributed by atoms with van der Waals surface area (Å²) in [7, 11) is 0. The molecule has 0 amide bonds. The fourth-order valence-electron chi connectivity index (χ4n) is 3.07. The fourth-order valence-corrected chi connectivity index (χ4v) is 3.07. The van der Waals surface area contributed by atoms with E-state index in [-0.39, 0.29) is 6.42 Å². The van der Waals surface area contributed by atoms with E-state index < -0.39 is 29.1 Å². The van der Waals surface area contributed by atoms with Gasteiger partial charge in [-0.3, -0.25) is 5.32 Å². The predicted octanol–water partition coefficient (Wildman–Crippen LogP) is 1.70. The number of likely N-dealkylation sites (N-methyl/N-ethyl adjacent to an activating group) is 1. The highest BCUT2D eigenvalue weighted by molar-refractivity contribution is 5.97. The summed E-state index contributed by atoms with van der Waals surface area (Å²) < 4.78 is 27.0. The minimum atomic E-state index is -1.71. The summed E-state index contributed by atoms with van der Waals surface area (Å²) in [5.41, 5.74) is -0.863. The molecule has 0 saturated heterocycles. The predicted molar refractivity (Wildman–Crippen MR) is 72.0 cm³/mol. The number of rotatable bonds is 5. The first-order chi connectivity index (χ1) is 9.94. The zero-order valence-electron chi connectivity index (χ0n) is 11.7. The zero-order chi connectivity index (χ0) is 15.6. The average Bonchev–Trinajstić information content (AvgIpc) is 2.43. The van der Waals surface area contributed by atoms with Gasteiger partial charge in [0.1, 0.15) is 11.6 Å². The molecular weight excluding hydrogens is 280 g/mol. The molecule has 114 valence electrons. The highest BCUT2D eigenvalue weighted by Gasteiger charge is 2.46. The van der Waals surface area contributed by atoms with E-state index in [1.807, 2.05) is 0 Å². The summed E-state index contributed by atoms with van der Waals surface area (Å²) in [5, 5.41) is 12.1. The SMILES string of the molecule is CCNC(C=O)(C(=O)O)C1CCc2c(F)cc(F)cc2C1. The molecule has 0 fully saturated rings. The Kier molecular flexibility index (Phi) is 4.37. The van der Waals surface area contributed by atoms with Gasteiger partial charge in [-0.2, -0.15) is 0 Å². The van der Waals surface area contributed by atoms with Gasteiger partial charge in [0.05, 0.1) is 0 Å². The van der Waals surface area contributed by atoms with E-state index in [1.54, 1.807) is 6.92 Å². The Labute approximate surface area is 121 Å². The fraction of sp³-hybridized carbons (Fsp3) is 0.467. The molecule has 1 aliphatic carbocycles. The quantitative estimate of drug-likeness (QED) is 0.641. The number of halogens is 2. The number of carboxylic acids is 1. The second-order valence-corrected chi connectivity index (χ2v) is 5.29. The largest absolute Gasteiger partial charge is 0.480 e. The Morgan fingerprint density at radius 2 is 2.24 bits per heavy atom. The summed E-state index contributed by atoms with van der Waals surface area (Å²) in [6, 6.07) is 2.04. The highest BCUT2D eigenvalue weighted by Crippen LogP contribution is 2.34. The molecule has 0 saturated carbocycles. The molecule has 2 unspecified atom stereocenters. The first kappa shape index (κ1) is 15.6. The van der Waals surface area contributed by atoms with Crippen molar-refractivity contribution in [2.45, 2.75) is 31.7 Å². The van der Waals surface area contributed by atoms with Crippen molar-refractivity contribution in [2.75, 3.05) is 6.54 Å². The van der Waals surface area contributed by atoms with Crippen molar-refractivity contribution in [3.63, 3.8) is 0 Å². The number of carbonyl (C=O) groups excluding carboxylic acids is 1. The van der Waals surface area contributed by atoms with Crippen LogP contribution in [0.2, 0.25) is 0 Å². The third-order valence-corrected chi connectivity index (χ3v) is 4.11. The molecule has 4 nitrogen and oxygen atoms in total. The van der Waals surface area contributed by atoms with E-state index in [4.69, 9.17) is 0 Å². The van der Waals surface area contributed by atoms with Crippen LogP contribution in [0.5, 0.6) is 0 Å². The lowest BCUT2D eigenvalue weighted by molar-refractivity contribution is -0.150. The van der Waals surface area contributed by atoms with Gasteiger partial charge < -0.3 is 9.90 Å². The topological polar surface area (TPSA) is 66.4 Å². The Balaban J connectivity index is 2.39. The van der Waals surface area contributed by atoms with Gasteiger partial charge in [-0.1, -0.05) is 6.92 Å². The van der Waals surface area contributed by atoms with Crippen LogP contribution in [0, 0.1) is 17.6 Å². The number of fused-ring (bicyclic) bond motifs is 1. The molecule has 2 atom stereocenters. The van der Waals surface area contributed by atoms with Crippen molar-refractivity contribution < 1.29 is 23.5 Å². The van der Waals surface area contributed by atoms with Crippen molar-refractivity contribution >= 4 is 12.3 Å². The maximum absolute atomic E-state index is 13.7. The molecule has 2 rings (SSSR count). The molecular formula is C15H17F2NO3. The van der Waals surface area contributed by atoms with Gasteiger partial charge >= 0.3 is 5.97 Å².